The number of carbonyl (C=O) groups is 1. The first-order valence-electron chi connectivity index (χ1n) is 7.63. The zero-order valence-corrected chi connectivity index (χ0v) is 13.7. The monoisotopic (exact) mass is 333 g/mol. The lowest BCUT2D eigenvalue weighted by atomic mass is 10.1. The van der Waals surface area contributed by atoms with E-state index in [2.05, 4.69) is 15.0 Å². The second-order valence-electron chi connectivity index (χ2n) is 5.74. The van der Waals surface area contributed by atoms with Crippen molar-refractivity contribution < 1.29 is 13.2 Å². The molecule has 0 unspecified atom stereocenters. The molecular weight excluding hydrogens is 314 g/mol. The van der Waals surface area contributed by atoms with E-state index in [9.17, 15) is 13.2 Å². The van der Waals surface area contributed by atoms with Gasteiger partial charge in [-0.05, 0) is 49.9 Å². The zero-order chi connectivity index (χ0) is 16.4. The number of pyridine rings is 1. The minimum atomic E-state index is -3.80. The standard InChI is InChI=1S/C16H19N3O3S/c1-11-7-8-14(12-5-4-10-17-15(11)12)23(21,22)19-13-6-2-3-9-18-16(13)20/h4-5,7-8,10,13,19H,2-3,6,9H2,1H3,(H,18,20)/t13-/m0/s1. The number of carbonyl (C=O) groups excluding carboxylic acids is 1. The number of nitrogens with one attached hydrogen (secondary N) is 2. The Morgan fingerprint density at radius 1 is 1.26 bits per heavy atom. The van der Waals surface area contributed by atoms with Gasteiger partial charge in [0.15, 0.2) is 0 Å². The quantitative estimate of drug-likeness (QED) is 0.891. The largest absolute Gasteiger partial charge is 0.355 e. The number of nitrogens with zero attached hydrogens (tertiary/aromatic N) is 1. The van der Waals surface area contributed by atoms with E-state index in [1.807, 2.05) is 6.92 Å². The lowest BCUT2D eigenvalue weighted by molar-refractivity contribution is -0.122. The van der Waals surface area contributed by atoms with Crippen LogP contribution in [0.3, 0.4) is 0 Å². The van der Waals surface area contributed by atoms with Crippen LogP contribution in [0.25, 0.3) is 10.9 Å². The van der Waals surface area contributed by atoms with E-state index < -0.39 is 16.1 Å². The van der Waals surface area contributed by atoms with E-state index in [0.29, 0.717) is 23.9 Å². The molecule has 1 aliphatic rings. The van der Waals surface area contributed by atoms with Gasteiger partial charge in [-0.15, -0.1) is 0 Å². The number of aryl methyl sites for hydroxylation is 1. The highest BCUT2D eigenvalue weighted by atomic mass is 32.2. The van der Waals surface area contributed by atoms with Gasteiger partial charge in [-0.2, -0.15) is 4.72 Å². The number of amides is 1. The molecule has 0 bridgehead atoms. The van der Waals surface area contributed by atoms with Crippen molar-refractivity contribution in [2.75, 3.05) is 6.54 Å². The van der Waals surface area contributed by atoms with Crippen LogP contribution in [0.5, 0.6) is 0 Å². The molecule has 23 heavy (non-hydrogen) atoms. The maximum Gasteiger partial charge on any atom is 0.241 e. The molecule has 1 atom stereocenters. The smallest absolute Gasteiger partial charge is 0.241 e. The van der Waals surface area contributed by atoms with Crippen LogP contribution in [-0.4, -0.2) is 31.9 Å². The van der Waals surface area contributed by atoms with Gasteiger partial charge in [0.1, 0.15) is 6.04 Å². The predicted octanol–water partition coefficient (Wildman–Crippen LogP) is 1.49. The summed E-state index contributed by atoms with van der Waals surface area (Å²) >= 11 is 0. The molecule has 1 fully saturated rings. The Morgan fingerprint density at radius 2 is 2.09 bits per heavy atom. The van der Waals surface area contributed by atoms with E-state index in [1.165, 1.54) is 0 Å². The highest BCUT2D eigenvalue weighted by Gasteiger charge is 2.28. The van der Waals surface area contributed by atoms with Crippen molar-refractivity contribution in [1.82, 2.24) is 15.0 Å². The number of hydrogen-bond acceptors (Lipinski definition) is 4. The Balaban J connectivity index is 2.00. The fraction of sp³-hybridized carbons (Fsp3) is 0.375. The molecule has 7 heteroatoms. The summed E-state index contributed by atoms with van der Waals surface area (Å²) in [6, 6.07) is 6.01. The van der Waals surface area contributed by atoms with E-state index in [-0.39, 0.29) is 10.8 Å². The molecule has 2 heterocycles. The second-order valence-corrected chi connectivity index (χ2v) is 7.42. The number of aromatic nitrogens is 1. The van der Waals surface area contributed by atoms with Crippen LogP contribution < -0.4 is 10.0 Å². The summed E-state index contributed by atoms with van der Waals surface area (Å²) in [5.41, 5.74) is 1.56. The zero-order valence-electron chi connectivity index (χ0n) is 12.9. The van der Waals surface area contributed by atoms with Crippen LogP contribution in [-0.2, 0) is 14.8 Å². The van der Waals surface area contributed by atoms with Crippen LogP contribution in [0.15, 0.2) is 35.4 Å². The number of benzene rings is 1. The number of hydrogen-bond donors (Lipinski definition) is 2. The SMILES string of the molecule is Cc1ccc(S(=O)(=O)N[C@H]2CCCCNC2=O)c2cccnc12. The van der Waals surface area contributed by atoms with Gasteiger partial charge in [0, 0.05) is 18.1 Å². The minimum absolute atomic E-state index is 0.156. The molecule has 3 rings (SSSR count). The van der Waals surface area contributed by atoms with Gasteiger partial charge >= 0.3 is 0 Å². The van der Waals surface area contributed by atoms with Gasteiger partial charge in [0.05, 0.1) is 10.4 Å². The Bertz CT molecular complexity index is 849. The Kier molecular flexibility index (Phi) is 4.32. The van der Waals surface area contributed by atoms with E-state index in [4.69, 9.17) is 0 Å². The van der Waals surface area contributed by atoms with Crippen molar-refractivity contribution in [2.24, 2.45) is 0 Å². The van der Waals surface area contributed by atoms with Crippen LogP contribution >= 0.6 is 0 Å². The molecular formula is C16H19N3O3S. The van der Waals surface area contributed by atoms with Gasteiger partial charge in [-0.3, -0.25) is 9.78 Å². The molecule has 1 aromatic carbocycles. The normalized spacial score (nSPS) is 19.3. The van der Waals surface area contributed by atoms with Crippen LogP contribution in [0.4, 0.5) is 0 Å². The molecule has 2 aromatic rings. The minimum Gasteiger partial charge on any atom is -0.355 e. The third-order valence-corrected chi connectivity index (χ3v) is 5.58. The fourth-order valence-electron chi connectivity index (χ4n) is 2.82. The molecule has 1 aromatic heterocycles. The Labute approximate surface area is 135 Å². The lowest BCUT2D eigenvalue weighted by Gasteiger charge is -2.16. The van der Waals surface area contributed by atoms with Gasteiger partial charge in [0.2, 0.25) is 15.9 Å². The van der Waals surface area contributed by atoms with Crippen molar-refractivity contribution in [3.8, 4) is 0 Å². The molecule has 1 amide bonds. The molecule has 0 radical (unpaired) electrons. The topological polar surface area (TPSA) is 88.2 Å². The van der Waals surface area contributed by atoms with Crippen molar-refractivity contribution in [3.63, 3.8) is 0 Å². The molecule has 6 nitrogen and oxygen atoms in total. The third kappa shape index (κ3) is 3.20. The van der Waals surface area contributed by atoms with E-state index in [1.54, 1.807) is 30.5 Å². The molecule has 0 spiro atoms. The first-order valence-corrected chi connectivity index (χ1v) is 9.12. The molecule has 0 aliphatic carbocycles. The summed E-state index contributed by atoms with van der Waals surface area (Å²) < 4.78 is 28.1. The number of sulfonamides is 1. The molecule has 0 saturated carbocycles. The van der Waals surface area contributed by atoms with E-state index in [0.717, 1.165) is 18.4 Å². The first kappa shape index (κ1) is 15.9. The van der Waals surface area contributed by atoms with Crippen molar-refractivity contribution in [3.05, 3.63) is 36.0 Å². The van der Waals surface area contributed by atoms with Gasteiger partial charge in [0.25, 0.3) is 0 Å². The Morgan fingerprint density at radius 3 is 2.91 bits per heavy atom. The molecule has 1 saturated heterocycles. The molecule has 1 aliphatic heterocycles. The van der Waals surface area contributed by atoms with Crippen molar-refractivity contribution >= 4 is 26.8 Å². The van der Waals surface area contributed by atoms with Gasteiger partial charge in [-0.1, -0.05) is 6.07 Å². The summed E-state index contributed by atoms with van der Waals surface area (Å²) in [5, 5.41) is 3.30. The highest BCUT2D eigenvalue weighted by Crippen LogP contribution is 2.24. The summed E-state index contributed by atoms with van der Waals surface area (Å²) in [6.07, 6.45) is 3.81. The summed E-state index contributed by atoms with van der Waals surface area (Å²) in [6.45, 7) is 2.48. The van der Waals surface area contributed by atoms with Crippen molar-refractivity contribution in [2.45, 2.75) is 37.1 Å². The lowest BCUT2D eigenvalue weighted by Crippen LogP contribution is -2.45. The molecule has 122 valence electrons. The average Bonchev–Trinajstić information content (AvgIpc) is 2.72. The highest BCUT2D eigenvalue weighted by molar-refractivity contribution is 7.89. The van der Waals surface area contributed by atoms with Crippen LogP contribution in [0.2, 0.25) is 0 Å². The van der Waals surface area contributed by atoms with Gasteiger partial charge < -0.3 is 5.32 Å². The van der Waals surface area contributed by atoms with E-state index >= 15 is 0 Å². The maximum atomic E-state index is 12.8. The average molecular weight is 333 g/mol. The Hall–Kier alpha value is -1.99. The number of rotatable bonds is 3. The molecule has 2 N–H and O–H groups in total. The predicted molar refractivity (Wildman–Crippen MR) is 87.5 cm³/mol. The van der Waals surface area contributed by atoms with Crippen LogP contribution in [0, 0.1) is 6.92 Å². The summed E-state index contributed by atoms with van der Waals surface area (Å²) in [5.74, 6) is -0.263. The number of fused-ring (bicyclic) bond motifs is 1. The first-order chi connectivity index (χ1) is 11.0. The second kappa shape index (κ2) is 6.25. The fourth-order valence-corrected chi connectivity index (χ4v) is 4.25. The van der Waals surface area contributed by atoms with Crippen LogP contribution in [0.1, 0.15) is 24.8 Å². The summed E-state index contributed by atoms with van der Waals surface area (Å²) in [7, 11) is -3.80. The summed E-state index contributed by atoms with van der Waals surface area (Å²) in [4.78, 5) is 16.4. The maximum absolute atomic E-state index is 12.8. The van der Waals surface area contributed by atoms with Gasteiger partial charge in [-0.25, -0.2) is 8.42 Å². The van der Waals surface area contributed by atoms with Crippen molar-refractivity contribution in [1.29, 1.82) is 0 Å². The third-order valence-electron chi connectivity index (χ3n) is 4.05.